The van der Waals surface area contributed by atoms with Crippen LogP contribution in [0.15, 0.2) is 70.0 Å². The molecule has 0 saturated carbocycles. The van der Waals surface area contributed by atoms with Gasteiger partial charge in [-0.3, -0.25) is 9.78 Å². The third kappa shape index (κ3) is 2.62. The van der Waals surface area contributed by atoms with Crippen LogP contribution in [-0.4, -0.2) is 4.98 Å². The van der Waals surface area contributed by atoms with Crippen molar-refractivity contribution < 1.29 is 4.42 Å². The van der Waals surface area contributed by atoms with E-state index in [1.54, 1.807) is 12.1 Å². The van der Waals surface area contributed by atoms with Crippen LogP contribution in [0.3, 0.4) is 0 Å². The third-order valence-electron chi connectivity index (χ3n) is 4.51. The summed E-state index contributed by atoms with van der Waals surface area (Å²) in [6.45, 7) is 6.48. The van der Waals surface area contributed by atoms with Crippen molar-refractivity contribution in [2.24, 2.45) is 0 Å². The van der Waals surface area contributed by atoms with E-state index < -0.39 is 0 Å². The molecule has 0 aliphatic rings. The standard InChI is InChI=1S/C22H19NO2/c1-22(2,3)14-11-12-18(23-13-14)15-8-6-9-17-20(24)16-7-4-5-10-19(16)25-21(15)17/h4-13H,1-3H3. The Labute approximate surface area is 145 Å². The normalized spacial score (nSPS) is 12.0. The lowest BCUT2D eigenvalue weighted by molar-refractivity contribution is 0.587. The zero-order chi connectivity index (χ0) is 17.6. The maximum absolute atomic E-state index is 12.8. The number of nitrogens with zero attached hydrogens (tertiary/aromatic N) is 1. The van der Waals surface area contributed by atoms with Crippen LogP contribution in [0.4, 0.5) is 0 Å². The Morgan fingerprint density at radius 1 is 0.880 bits per heavy atom. The maximum Gasteiger partial charge on any atom is 0.200 e. The van der Waals surface area contributed by atoms with Crippen LogP contribution < -0.4 is 5.43 Å². The van der Waals surface area contributed by atoms with E-state index in [1.165, 1.54) is 5.56 Å². The molecule has 4 rings (SSSR count). The molecule has 124 valence electrons. The number of pyridine rings is 1. The molecule has 3 nitrogen and oxygen atoms in total. The van der Waals surface area contributed by atoms with E-state index in [9.17, 15) is 4.79 Å². The molecule has 2 aromatic heterocycles. The average Bonchev–Trinajstić information content (AvgIpc) is 2.61. The first-order chi connectivity index (χ1) is 11.9. The monoisotopic (exact) mass is 329 g/mol. The first kappa shape index (κ1) is 15.6. The molecule has 0 aliphatic heterocycles. The zero-order valence-electron chi connectivity index (χ0n) is 14.5. The summed E-state index contributed by atoms with van der Waals surface area (Å²) in [5.41, 5.74) is 4.03. The van der Waals surface area contributed by atoms with Crippen molar-refractivity contribution in [3.8, 4) is 11.3 Å². The molecule has 0 radical (unpaired) electrons. The zero-order valence-corrected chi connectivity index (χ0v) is 14.5. The lowest BCUT2D eigenvalue weighted by Gasteiger charge is -2.18. The summed E-state index contributed by atoms with van der Waals surface area (Å²) in [5, 5.41) is 1.18. The van der Waals surface area contributed by atoms with Gasteiger partial charge in [-0.1, -0.05) is 45.0 Å². The van der Waals surface area contributed by atoms with Crippen molar-refractivity contribution in [2.45, 2.75) is 26.2 Å². The molecule has 2 aromatic carbocycles. The molecule has 25 heavy (non-hydrogen) atoms. The van der Waals surface area contributed by atoms with Crippen LogP contribution >= 0.6 is 0 Å². The first-order valence-electron chi connectivity index (χ1n) is 8.36. The molecule has 0 saturated heterocycles. The summed E-state index contributed by atoms with van der Waals surface area (Å²) >= 11 is 0. The van der Waals surface area contributed by atoms with E-state index in [2.05, 4.69) is 31.8 Å². The minimum Gasteiger partial charge on any atom is -0.455 e. The Hall–Kier alpha value is -2.94. The number of hydrogen-bond acceptors (Lipinski definition) is 3. The largest absolute Gasteiger partial charge is 0.455 e. The van der Waals surface area contributed by atoms with Crippen LogP contribution in [0.5, 0.6) is 0 Å². The van der Waals surface area contributed by atoms with Gasteiger partial charge < -0.3 is 4.42 Å². The van der Waals surface area contributed by atoms with Gasteiger partial charge in [0.15, 0.2) is 0 Å². The van der Waals surface area contributed by atoms with Crippen molar-refractivity contribution in [2.75, 3.05) is 0 Å². The molecule has 0 N–H and O–H groups in total. The number of rotatable bonds is 1. The highest BCUT2D eigenvalue weighted by Crippen LogP contribution is 2.30. The van der Waals surface area contributed by atoms with Crippen molar-refractivity contribution >= 4 is 21.9 Å². The van der Waals surface area contributed by atoms with Crippen molar-refractivity contribution in [3.63, 3.8) is 0 Å². The van der Waals surface area contributed by atoms with Crippen molar-refractivity contribution in [1.82, 2.24) is 4.98 Å². The fraction of sp³-hybridized carbons (Fsp3) is 0.182. The number of para-hydroxylation sites is 2. The van der Waals surface area contributed by atoms with E-state index in [0.29, 0.717) is 21.9 Å². The van der Waals surface area contributed by atoms with E-state index in [1.807, 2.05) is 42.6 Å². The molecule has 0 amide bonds. The first-order valence-corrected chi connectivity index (χ1v) is 8.36. The van der Waals surface area contributed by atoms with Crippen molar-refractivity contribution in [3.05, 3.63) is 76.6 Å². The molecule has 0 bridgehead atoms. The minimum absolute atomic E-state index is 0.00925. The van der Waals surface area contributed by atoms with E-state index >= 15 is 0 Å². The summed E-state index contributed by atoms with van der Waals surface area (Å²) in [7, 11) is 0. The van der Waals surface area contributed by atoms with Gasteiger partial charge in [0.2, 0.25) is 5.43 Å². The van der Waals surface area contributed by atoms with Crippen LogP contribution in [0.2, 0.25) is 0 Å². The molecule has 2 heterocycles. The number of fused-ring (bicyclic) bond motifs is 2. The van der Waals surface area contributed by atoms with Gasteiger partial charge in [-0.25, -0.2) is 0 Å². The van der Waals surface area contributed by atoms with Gasteiger partial charge in [0, 0.05) is 11.8 Å². The maximum atomic E-state index is 12.8. The second kappa shape index (κ2) is 5.55. The quantitative estimate of drug-likeness (QED) is 0.445. The van der Waals surface area contributed by atoms with Gasteiger partial charge in [-0.2, -0.15) is 0 Å². The molecule has 3 heteroatoms. The minimum atomic E-state index is -0.00925. The predicted molar refractivity (Wildman–Crippen MR) is 102 cm³/mol. The Morgan fingerprint density at radius 2 is 1.64 bits per heavy atom. The highest BCUT2D eigenvalue weighted by atomic mass is 16.3. The van der Waals surface area contributed by atoms with Gasteiger partial charge in [-0.15, -0.1) is 0 Å². The molecule has 0 fully saturated rings. The van der Waals surface area contributed by atoms with E-state index in [4.69, 9.17) is 4.42 Å². The average molecular weight is 329 g/mol. The van der Waals surface area contributed by atoms with Crippen LogP contribution in [0.25, 0.3) is 33.2 Å². The SMILES string of the molecule is CC(C)(C)c1ccc(-c2cccc3c(=O)c4ccccc4oc23)nc1. The second-order valence-electron chi connectivity index (χ2n) is 7.29. The molecular weight excluding hydrogens is 310 g/mol. The van der Waals surface area contributed by atoms with Crippen LogP contribution in [0.1, 0.15) is 26.3 Å². The fourth-order valence-corrected chi connectivity index (χ4v) is 3.02. The van der Waals surface area contributed by atoms with E-state index in [0.717, 1.165) is 11.3 Å². The second-order valence-corrected chi connectivity index (χ2v) is 7.29. The Bertz CT molecular complexity index is 1130. The molecule has 0 unspecified atom stereocenters. The van der Waals surface area contributed by atoms with E-state index in [-0.39, 0.29) is 10.8 Å². The van der Waals surface area contributed by atoms with Gasteiger partial charge in [0.25, 0.3) is 0 Å². The predicted octanol–water partition coefficient (Wildman–Crippen LogP) is 5.31. The lowest BCUT2D eigenvalue weighted by atomic mass is 9.88. The molecule has 0 aliphatic carbocycles. The summed E-state index contributed by atoms with van der Waals surface area (Å²) < 4.78 is 6.07. The van der Waals surface area contributed by atoms with Crippen LogP contribution in [-0.2, 0) is 5.41 Å². The molecule has 0 spiro atoms. The summed E-state index contributed by atoms with van der Waals surface area (Å²) in [6, 6.07) is 17.0. The highest BCUT2D eigenvalue weighted by Gasteiger charge is 2.16. The van der Waals surface area contributed by atoms with Crippen molar-refractivity contribution in [1.29, 1.82) is 0 Å². The summed E-state index contributed by atoms with van der Waals surface area (Å²) in [6.07, 6.45) is 1.90. The van der Waals surface area contributed by atoms with Crippen LogP contribution in [0, 0.1) is 0 Å². The molecule has 4 aromatic rings. The molecule has 0 atom stereocenters. The summed E-state index contributed by atoms with van der Waals surface area (Å²) in [4.78, 5) is 17.4. The lowest BCUT2D eigenvalue weighted by Crippen LogP contribution is -2.11. The smallest absolute Gasteiger partial charge is 0.200 e. The number of benzene rings is 2. The van der Waals surface area contributed by atoms with Gasteiger partial charge >= 0.3 is 0 Å². The third-order valence-corrected chi connectivity index (χ3v) is 4.51. The Kier molecular flexibility index (Phi) is 3.46. The topological polar surface area (TPSA) is 43.1 Å². The van der Waals surface area contributed by atoms with Gasteiger partial charge in [0.1, 0.15) is 11.2 Å². The van der Waals surface area contributed by atoms with Gasteiger partial charge in [-0.05, 0) is 41.3 Å². The number of aromatic nitrogens is 1. The summed E-state index contributed by atoms with van der Waals surface area (Å²) in [5.74, 6) is 0. The Balaban J connectivity index is 1.98. The highest BCUT2D eigenvalue weighted by molar-refractivity contribution is 5.96. The fourth-order valence-electron chi connectivity index (χ4n) is 3.02. The Morgan fingerprint density at radius 3 is 2.36 bits per heavy atom. The molecular formula is C22H19NO2. The number of hydrogen-bond donors (Lipinski definition) is 0. The van der Waals surface area contributed by atoms with Gasteiger partial charge in [0.05, 0.1) is 16.5 Å².